The van der Waals surface area contributed by atoms with E-state index in [0.717, 1.165) is 25.0 Å². The van der Waals surface area contributed by atoms with E-state index in [1.54, 1.807) is 22.4 Å². The van der Waals surface area contributed by atoms with Gasteiger partial charge in [-0.15, -0.1) is 0 Å². The van der Waals surface area contributed by atoms with E-state index in [0.29, 0.717) is 38.2 Å². The number of likely N-dealkylation sites (tertiary alicyclic amines) is 1. The second kappa shape index (κ2) is 9.62. The minimum Gasteiger partial charge on any atom is -0.396 e. The minimum atomic E-state index is -0.330. The second-order valence-corrected chi connectivity index (χ2v) is 7.20. The van der Waals surface area contributed by atoms with Gasteiger partial charge in [0.25, 0.3) is 5.91 Å². The van der Waals surface area contributed by atoms with Crippen LogP contribution in [0.15, 0.2) is 33.0 Å². The summed E-state index contributed by atoms with van der Waals surface area (Å²) in [4.78, 5) is 25.4. The fraction of sp³-hybridized carbons (Fsp3) is 0.600. The Morgan fingerprint density at radius 2 is 1.96 bits per heavy atom. The molecule has 150 valence electrons. The number of dihydropyridines is 1. The Morgan fingerprint density at radius 1 is 1.25 bits per heavy atom. The maximum Gasteiger partial charge on any atom is 0.266 e. The number of aliphatic hydroxyl groups excluding tert-OH is 2. The summed E-state index contributed by atoms with van der Waals surface area (Å²) in [6.45, 7) is 1.63. The predicted octanol–water partition coefficient (Wildman–Crippen LogP) is 0.838. The van der Waals surface area contributed by atoms with Crippen LogP contribution in [0.2, 0.25) is 0 Å². The minimum absolute atomic E-state index is 0.0734. The van der Waals surface area contributed by atoms with Gasteiger partial charge in [-0.2, -0.15) is 5.26 Å². The van der Waals surface area contributed by atoms with Gasteiger partial charge in [-0.3, -0.25) is 14.8 Å². The fourth-order valence-electron chi connectivity index (χ4n) is 3.99. The van der Waals surface area contributed by atoms with Crippen LogP contribution in [-0.4, -0.2) is 77.4 Å². The molecule has 8 heteroatoms. The van der Waals surface area contributed by atoms with Gasteiger partial charge < -0.3 is 20.0 Å². The highest BCUT2D eigenvalue weighted by Gasteiger charge is 2.35. The van der Waals surface area contributed by atoms with Crippen molar-refractivity contribution in [1.29, 1.82) is 5.26 Å². The average molecular weight is 385 g/mol. The summed E-state index contributed by atoms with van der Waals surface area (Å²) in [7, 11) is 0. The molecule has 3 aliphatic rings. The zero-order valence-electron chi connectivity index (χ0n) is 16.0. The third-order valence-corrected chi connectivity index (χ3v) is 5.44. The highest BCUT2D eigenvalue weighted by atomic mass is 16.3. The van der Waals surface area contributed by atoms with Gasteiger partial charge in [-0.25, -0.2) is 0 Å². The number of aliphatic hydroxyl groups is 2. The van der Waals surface area contributed by atoms with E-state index >= 15 is 0 Å². The first-order valence-electron chi connectivity index (χ1n) is 9.89. The Labute approximate surface area is 165 Å². The molecule has 3 aliphatic heterocycles. The maximum absolute atomic E-state index is 13.2. The lowest BCUT2D eigenvalue weighted by Gasteiger charge is -2.32. The number of carbonyl (C=O) groups is 1. The normalized spacial score (nSPS) is 22.1. The number of nitrogens with zero attached hydrogens (tertiary/aromatic N) is 5. The second-order valence-electron chi connectivity index (χ2n) is 7.20. The predicted molar refractivity (Wildman–Crippen MR) is 106 cm³/mol. The molecule has 0 aliphatic carbocycles. The molecule has 0 radical (unpaired) electrons. The summed E-state index contributed by atoms with van der Waals surface area (Å²) >= 11 is 0. The summed E-state index contributed by atoms with van der Waals surface area (Å²) in [5, 5.41) is 29.1. The molecule has 0 aromatic carbocycles. The van der Waals surface area contributed by atoms with Gasteiger partial charge in [0, 0.05) is 38.4 Å². The Balaban J connectivity index is 2.05. The molecule has 1 fully saturated rings. The number of amides is 1. The molecule has 1 unspecified atom stereocenters. The largest absolute Gasteiger partial charge is 0.396 e. The smallest absolute Gasteiger partial charge is 0.266 e. The number of rotatable bonds is 7. The molecule has 0 spiro atoms. The molecule has 0 aromatic heterocycles. The van der Waals surface area contributed by atoms with Crippen LogP contribution in [0, 0.1) is 17.2 Å². The van der Waals surface area contributed by atoms with Crippen LogP contribution in [0.5, 0.6) is 0 Å². The van der Waals surface area contributed by atoms with Crippen LogP contribution in [0.4, 0.5) is 0 Å². The van der Waals surface area contributed by atoms with E-state index in [4.69, 9.17) is 0 Å². The average Bonchev–Trinajstić information content (AvgIpc) is 3.16. The highest BCUT2D eigenvalue weighted by Crippen LogP contribution is 2.33. The molecule has 1 saturated heterocycles. The number of nitriles is 1. The van der Waals surface area contributed by atoms with Gasteiger partial charge in [0.1, 0.15) is 17.7 Å². The van der Waals surface area contributed by atoms with Crippen molar-refractivity contribution in [2.45, 2.75) is 38.1 Å². The van der Waals surface area contributed by atoms with Gasteiger partial charge >= 0.3 is 0 Å². The summed E-state index contributed by atoms with van der Waals surface area (Å²) in [5.41, 5.74) is 1.46. The first kappa shape index (κ1) is 20.2. The van der Waals surface area contributed by atoms with Crippen molar-refractivity contribution in [3.8, 4) is 6.07 Å². The van der Waals surface area contributed by atoms with Crippen molar-refractivity contribution in [2.75, 3.05) is 32.8 Å². The monoisotopic (exact) mass is 385 g/mol. The van der Waals surface area contributed by atoms with Crippen molar-refractivity contribution in [3.05, 3.63) is 23.0 Å². The Morgan fingerprint density at radius 3 is 2.61 bits per heavy atom. The van der Waals surface area contributed by atoms with Gasteiger partial charge in [-0.05, 0) is 38.2 Å². The molecular weight excluding hydrogens is 358 g/mol. The highest BCUT2D eigenvalue weighted by molar-refractivity contribution is 5.98. The van der Waals surface area contributed by atoms with Crippen molar-refractivity contribution < 1.29 is 15.0 Å². The molecule has 0 saturated carbocycles. The molecule has 1 atom stereocenters. The first-order valence-corrected chi connectivity index (χ1v) is 9.89. The molecule has 3 heterocycles. The number of aliphatic imine (C=N–C) groups is 2. The lowest BCUT2D eigenvalue weighted by atomic mass is 9.92. The third kappa shape index (κ3) is 4.16. The molecular formula is C20H27N5O3. The Kier molecular flexibility index (Phi) is 6.95. The lowest BCUT2D eigenvalue weighted by Crippen LogP contribution is -2.39. The van der Waals surface area contributed by atoms with Gasteiger partial charge in [0.15, 0.2) is 0 Å². The van der Waals surface area contributed by atoms with Crippen molar-refractivity contribution in [2.24, 2.45) is 15.9 Å². The molecule has 1 amide bonds. The summed E-state index contributed by atoms with van der Waals surface area (Å²) < 4.78 is 0. The zero-order valence-corrected chi connectivity index (χ0v) is 16.0. The van der Waals surface area contributed by atoms with Crippen LogP contribution >= 0.6 is 0 Å². The van der Waals surface area contributed by atoms with E-state index in [1.807, 2.05) is 6.08 Å². The van der Waals surface area contributed by atoms with Crippen LogP contribution in [0.1, 0.15) is 32.1 Å². The van der Waals surface area contributed by atoms with Crippen LogP contribution < -0.4 is 0 Å². The third-order valence-electron chi connectivity index (χ3n) is 5.44. The quantitative estimate of drug-likeness (QED) is 0.498. The SMILES string of the molecule is N#CC(C(=O)N1CCCCC1)=C(C(CCO)CCO)N1C=NC2CN=CC=C21. The van der Waals surface area contributed by atoms with Crippen LogP contribution in [0.3, 0.4) is 0 Å². The summed E-state index contributed by atoms with van der Waals surface area (Å²) in [6.07, 6.45) is 8.86. The topological polar surface area (TPSA) is 113 Å². The van der Waals surface area contributed by atoms with Crippen LogP contribution in [0.25, 0.3) is 0 Å². The molecule has 2 N–H and O–H groups in total. The van der Waals surface area contributed by atoms with E-state index in [1.165, 1.54) is 0 Å². The van der Waals surface area contributed by atoms with E-state index in [2.05, 4.69) is 16.1 Å². The Bertz CT molecular complexity index is 737. The number of carbonyl (C=O) groups excluding carboxylic acids is 1. The van der Waals surface area contributed by atoms with Crippen LogP contribution in [-0.2, 0) is 4.79 Å². The van der Waals surface area contributed by atoms with Gasteiger partial charge in [0.05, 0.1) is 24.3 Å². The number of fused-ring (bicyclic) bond motifs is 1. The standard InChI is InChI=1S/C20H27N5O3/c21-12-16(20(28)24-8-2-1-3-9-24)19(15(5-10-26)6-11-27)25-14-23-17-13-22-7-4-18(17)25/h4,7,14-15,17,26-27H,1-3,5-6,8-11,13H2. The first-order chi connectivity index (χ1) is 13.7. The maximum atomic E-state index is 13.2. The van der Waals surface area contributed by atoms with Gasteiger partial charge in [0.2, 0.25) is 0 Å². The molecule has 0 bridgehead atoms. The molecule has 3 rings (SSSR count). The van der Waals surface area contributed by atoms with Crippen molar-refractivity contribution in [1.82, 2.24) is 9.80 Å². The summed E-state index contributed by atoms with van der Waals surface area (Å²) in [6, 6.07) is 2.00. The summed E-state index contributed by atoms with van der Waals surface area (Å²) in [5.74, 6) is -0.608. The van der Waals surface area contributed by atoms with Crippen molar-refractivity contribution in [3.63, 3.8) is 0 Å². The van der Waals surface area contributed by atoms with E-state index < -0.39 is 0 Å². The lowest BCUT2D eigenvalue weighted by molar-refractivity contribution is -0.127. The van der Waals surface area contributed by atoms with Gasteiger partial charge in [-0.1, -0.05) is 0 Å². The van der Waals surface area contributed by atoms with E-state index in [-0.39, 0.29) is 36.7 Å². The number of hydrogen-bond acceptors (Lipinski definition) is 7. The number of allylic oxidation sites excluding steroid dienone is 2. The van der Waals surface area contributed by atoms with Crippen molar-refractivity contribution >= 4 is 18.5 Å². The fourth-order valence-corrected chi connectivity index (χ4v) is 3.99. The number of hydrogen-bond donors (Lipinski definition) is 2. The Hall–Kier alpha value is -2.50. The molecule has 0 aromatic rings. The molecule has 8 nitrogen and oxygen atoms in total. The molecule has 28 heavy (non-hydrogen) atoms. The zero-order chi connectivity index (χ0) is 19.9. The van der Waals surface area contributed by atoms with E-state index in [9.17, 15) is 20.3 Å². The number of piperidine rings is 1.